The van der Waals surface area contributed by atoms with E-state index in [4.69, 9.17) is 10.6 Å². The first-order valence-corrected chi connectivity index (χ1v) is 6.12. The van der Waals surface area contributed by atoms with Crippen molar-refractivity contribution in [3.8, 4) is 0 Å². The van der Waals surface area contributed by atoms with Crippen molar-refractivity contribution in [1.82, 2.24) is 5.43 Å². The largest absolute Gasteiger partial charge is 0.381 e. The Morgan fingerprint density at radius 2 is 2.22 bits per heavy atom. The number of nitrogens with two attached hydrogens (primary N) is 1. The normalized spacial score (nSPS) is 21.2. The Morgan fingerprint density at radius 1 is 1.44 bits per heavy atom. The summed E-state index contributed by atoms with van der Waals surface area (Å²) in [6.07, 6.45) is 1.59. The predicted molar refractivity (Wildman–Crippen MR) is 64.7 cm³/mol. The molecule has 1 saturated heterocycles. The molecule has 3 N–H and O–H groups in total. The Labute approximate surface area is 105 Å². The van der Waals surface area contributed by atoms with Gasteiger partial charge in [-0.25, -0.2) is 8.78 Å². The van der Waals surface area contributed by atoms with Gasteiger partial charge in [0.25, 0.3) is 0 Å². The summed E-state index contributed by atoms with van der Waals surface area (Å²) in [5.41, 5.74) is 3.16. The van der Waals surface area contributed by atoms with Crippen molar-refractivity contribution in [2.75, 3.05) is 13.2 Å². The fourth-order valence-corrected chi connectivity index (χ4v) is 2.32. The third-order valence-electron chi connectivity index (χ3n) is 3.47. The molecule has 1 aromatic carbocycles. The van der Waals surface area contributed by atoms with Gasteiger partial charge in [-0.3, -0.25) is 11.3 Å². The summed E-state index contributed by atoms with van der Waals surface area (Å²) in [5, 5.41) is 0. The van der Waals surface area contributed by atoms with Gasteiger partial charge in [-0.05, 0) is 31.2 Å². The van der Waals surface area contributed by atoms with Gasteiger partial charge in [0.2, 0.25) is 0 Å². The van der Waals surface area contributed by atoms with Crippen LogP contribution in [0.15, 0.2) is 12.1 Å². The number of halogens is 2. The number of hydrogen-bond donors (Lipinski definition) is 2. The van der Waals surface area contributed by atoms with Gasteiger partial charge in [0, 0.05) is 24.8 Å². The van der Waals surface area contributed by atoms with Gasteiger partial charge in [0.1, 0.15) is 0 Å². The van der Waals surface area contributed by atoms with Crippen LogP contribution in [-0.2, 0) is 4.74 Å². The molecule has 1 aliphatic heterocycles. The number of nitrogens with one attached hydrogen (secondary N) is 1. The highest BCUT2D eigenvalue weighted by Gasteiger charge is 2.24. The standard InChI is InChI=1S/C13H18F2N2O/c1-8-2-3-10(13(15)12(8)14)11(17-16)6-9-4-5-18-7-9/h2-3,9,11,17H,4-7,16H2,1H3. The Bertz CT molecular complexity index is 420. The summed E-state index contributed by atoms with van der Waals surface area (Å²) in [7, 11) is 0. The van der Waals surface area contributed by atoms with Gasteiger partial charge in [-0.15, -0.1) is 0 Å². The minimum atomic E-state index is -0.808. The van der Waals surface area contributed by atoms with Gasteiger partial charge < -0.3 is 4.74 Å². The van der Waals surface area contributed by atoms with E-state index in [-0.39, 0.29) is 11.6 Å². The second-order valence-corrected chi connectivity index (χ2v) is 4.78. The van der Waals surface area contributed by atoms with E-state index in [9.17, 15) is 8.78 Å². The molecule has 5 heteroatoms. The zero-order valence-corrected chi connectivity index (χ0v) is 10.4. The molecule has 1 heterocycles. The van der Waals surface area contributed by atoms with Crippen LogP contribution >= 0.6 is 0 Å². The van der Waals surface area contributed by atoms with Crippen molar-refractivity contribution >= 4 is 0 Å². The van der Waals surface area contributed by atoms with Crippen molar-refractivity contribution < 1.29 is 13.5 Å². The quantitative estimate of drug-likeness (QED) is 0.641. The number of hydrazine groups is 1. The average Bonchev–Trinajstić information content (AvgIpc) is 2.87. The van der Waals surface area contributed by atoms with Gasteiger partial charge in [0.05, 0.1) is 0 Å². The van der Waals surface area contributed by atoms with Crippen molar-refractivity contribution in [2.45, 2.75) is 25.8 Å². The van der Waals surface area contributed by atoms with Crippen molar-refractivity contribution in [1.29, 1.82) is 0 Å². The molecular weight excluding hydrogens is 238 g/mol. The van der Waals surface area contributed by atoms with E-state index < -0.39 is 11.6 Å². The Kier molecular flexibility index (Phi) is 4.27. The van der Waals surface area contributed by atoms with Crippen LogP contribution in [0.3, 0.4) is 0 Å². The lowest BCUT2D eigenvalue weighted by Gasteiger charge is -2.20. The van der Waals surface area contributed by atoms with E-state index in [0.29, 0.717) is 24.5 Å². The molecule has 100 valence electrons. The molecule has 0 spiro atoms. The second-order valence-electron chi connectivity index (χ2n) is 4.78. The van der Waals surface area contributed by atoms with Crippen molar-refractivity contribution in [3.05, 3.63) is 34.9 Å². The lowest BCUT2D eigenvalue weighted by atomic mass is 9.93. The van der Waals surface area contributed by atoms with E-state index in [2.05, 4.69) is 5.43 Å². The molecule has 1 aromatic rings. The third-order valence-corrected chi connectivity index (χ3v) is 3.47. The fourth-order valence-electron chi connectivity index (χ4n) is 2.32. The zero-order chi connectivity index (χ0) is 13.1. The molecule has 1 aliphatic rings. The van der Waals surface area contributed by atoms with E-state index >= 15 is 0 Å². The SMILES string of the molecule is Cc1ccc(C(CC2CCOC2)NN)c(F)c1F. The van der Waals surface area contributed by atoms with Crippen LogP contribution in [-0.4, -0.2) is 13.2 Å². The topological polar surface area (TPSA) is 47.3 Å². The van der Waals surface area contributed by atoms with Crippen molar-refractivity contribution in [3.63, 3.8) is 0 Å². The van der Waals surface area contributed by atoms with E-state index in [1.807, 2.05) is 0 Å². The monoisotopic (exact) mass is 256 g/mol. The van der Waals surface area contributed by atoms with Crippen LogP contribution in [0.5, 0.6) is 0 Å². The molecule has 0 amide bonds. The Morgan fingerprint density at radius 3 is 2.83 bits per heavy atom. The van der Waals surface area contributed by atoms with Crippen LogP contribution in [0.2, 0.25) is 0 Å². The second kappa shape index (κ2) is 5.73. The van der Waals surface area contributed by atoms with Crippen LogP contribution < -0.4 is 11.3 Å². The van der Waals surface area contributed by atoms with Crippen LogP contribution in [0.4, 0.5) is 8.78 Å². The maximum absolute atomic E-state index is 13.9. The lowest BCUT2D eigenvalue weighted by molar-refractivity contribution is 0.181. The Hall–Kier alpha value is -1.04. The van der Waals surface area contributed by atoms with Crippen molar-refractivity contribution in [2.24, 2.45) is 11.8 Å². The van der Waals surface area contributed by atoms with Gasteiger partial charge >= 0.3 is 0 Å². The highest BCUT2D eigenvalue weighted by Crippen LogP contribution is 2.29. The van der Waals surface area contributed by atoms with E-state index in [0.717, 1.165) is 13.0 Å². The highest BCUT2D eigenvalue weighted by molar-refractivity contribution is 5.27. The fraction of sp³-hybridized carbons (Fsp3) is 0.538. The zero-order valence-electron chi connectivity index (χ0n) is 10.4. The smallest absolute Gasteiger partial charge is 0.163 e. The first-order valence-electron chi connectivity index (χ1n) is 6.12. The molecule has 3 nitrogen and oxygen atoms in total. The Balaban J connectivity index is 2.18. The molecule has 2 atom stereocenters. The first kappa shape index (κ1) is 13.4. The summed E-state index contributed by atoms with van der Waals surface area (Å²) in [6, 6.07) is 2.78. The maximum Gasteiger partial charge on any atom is 0.163 e. The number of aryl methyl sites for hydroxylation is 1. The molecule has 0 radical (unpaired) electrons. The number of benzene rings is 1. The molecule has 0 aliphatic carbocycles. The van der Waals surface area contributed by atoms with Gasteiger partial charge in [-0.1, -0.05) is 12.1 Å². The molecule has 18 heavy (non-hydrogen) atoms. The minimum absolute atomic E-state index is 0.285. The molecular formula is C13H18F2N2O. The summed E-state index contributed by atoms with van der Waals surface area (Å²) in [6.45, 7) is 2.93. The molecule has 1 fully saturated rings. The van der Waals surface area contributed by atoms with Crippen LogP contribution in [0, 0.1) is 24.5 Å². The third kappa shape index (κ3) is 2.68. The predicted octanol–water partition coefficient (Wildman–Crippen LogP) is 2.20. The highest BCUT2D eigenvalue weighted by atomic mass is 19.2. The minimum Gasteiger partial charge on any atom is -0.381 e. The molecule has 0 saturated carbocycles. The lowest BCUT2D eigenvalue weighted by Crippen LogP contribution is -2.30. The molecule has 0 bridgehead atoms. The molecule has 2 rings (SSSR count). The van der Waals surface area contributed by atoms with E-state index in [1.165, 1.54) is 6.92 Å². The molecule has 0 aromatic heterocycles. The van der Waals surface area contributed by atoms with Crippen LogP contribution in [0.25, 0.3) is 0 Å². The summed E-state index contributed by atoms with van der Waals surface area (Å²) in [4.78, 5) is 0. The summed E-state index contributed by atoms with van der Waals surface area (Å²) < 4.78 is 32.7. The number of rotatable bonds is 4. The van der Waals surface area contributed by atoms with Gasteiger partial charge in [0.15, 0.2) is 11.6 Å². The summed E-state index contributed by atoms with van der Waals surface area (Å²) in [5.74, 6) is 4.20. The summed E-state index contributed by atoms with van der Waals surface area (Å²) >= 11 is 0. The van der Waals surface area contributed by atoms with Crippen LogP contribution in [0.1, 0.15) is 30.0 Å². The van der Waals surface area contributed by atoms with Gasteiger partial charge in [-0.2, -0.15) is 0 Å². The average molecular weight is 256 g/mol. The maximum atomic E-state index is 13.9. The number of hydrogen-bond acceptors (Lipinski definition) is 3. The molecule has 2 unspecified atom stereocenters. The number of ether oxygens (including phenoxy) is 1. The first-order chi connectivity index (χ1) is 8.63. The van der Waals surface area contributed by atoms with E-state index in [1.54, 1.807) is 12.1 Å².